The van der Waals surface area contributed by atoms with Gasteiger partial charge in [0.05, 0.1) is 31.8 Å². The summed E-state index contributed by atoms with van der Waals surface area (Å²) in [7, 11) is 2.67. The van der Waals surface area contributed by atoms with Crippen molar-refractivity contribution in [3.8, 4) is 22.6 Å². The average Bonchev–Trinajstić information content (AvgIpc) is 3.72. The second kappa shape index (κ2) is 21.8. The Hall–Kier alpha value is -5.63. The quantitative estimate of drug-likeness (QED) is 0.0379. The monoisotopic (exact) mass is 729 g/mol. The Morgan fingerprint density at radius 1 is 0.519 bits per heavy atom. The number of hydrogen-bond donors (Lipinski definition) is 0. The van der Waals surface area contributed by atoms with Crippen molar-refractivity contribution in [1.82, 2.24) is 5.16 Å². The van der Waals surface area contributed by atoms with Crippen molar-refractivity contribution in [1.29, 1.82) is 0 Å². The first kappa shape index (κ1) is 41.1. The van der Waals surface area contributed by atoms with Gasteiger partial charge in [0.1, 0.15) is 5.69 Å². The predicted molar refractivity (Wildman–Crippen MR) is 212 cm³/mol. The Kier molecular flexibility index (Phi) is 16.6. The number of hydrogen-bond acceptors (Lipinski definition) is 8. The number of Topliss-reactive ketones (excluding diaryl/α,β-unsaturated/α-hetero) is 2. The zero-order chi connectivity index (χ0) is 38.7. The van der Waals surface area contributed by atoms with Crippen molar-refractivity contribution >= 4 is 23.5 Å². The van der Waals surface area contributed by atoms with Crippen molar-refractivity contribution in [2.75, 3.05) is 14.2 Å². The molecular formula is C46H51NO7. The second-order valence-electron chi connectivity index (χ2n) is 13.3. The molecule has 0 saturated carbocycles. The Labute approximate surface area is 318 Å². The molecule has 0 saturated heterocycles. The van der Waals surface area contributed by atoms with Crippen LogP contribution in [-0.2, 0) is 22.3 Å². The summed E-state index contributed by atoms with van der Waals surface area (Å²) in [5.41, 5.74) is 7.05. The average molecular weight is 730 g/mol. The molecule has 0 radical (unpaired) electrons. The van der Waals surface area contributed by atoms with E-state index in [4.69, 9.17) is 9.26 Å². The Balaban J connectivity index is 0.000000241. The lowest BCUT2D eigenvalue weighted by Crippen LogP contribution is -2.09. The van der Waals surface area contributed by atoms with Gasteiger partial charge in [-0.2, -0.15) is 0 Å². The number of aryl methyl sites for hydroxylation is 2. The molecule has 282 valence electrons. The molecular weight excluding hydrogens is 679 g/mol. The highest BCUT2D eigenvalue weighted by Crippen LogP contribution is 2.27. The van der Waals surface area contributed by atoms with Crippen LogP contribution in [0.5, 0.6) is 0 Å². The molecule has 0 N–H and O–H groups in total. The maximum Gasteiger partial charge on any atom is 0.337 e. The summed E-state index contributed by atoms with van der Waals surface area (Å²) in [6.45, 7) is 4.42. The molecule has 0 amide bonds. The van der Waals surface area contributed by atoms with E-state index in [-0.39, 0.29) is 24.0 Å². The molecule has 1 aromatic heterocycles. The van der Waals surface area contributed by atoms with E-state index in [1.165, 1.54) is 82.4 Å². The van der Waals surface area contributed by atoms with E-state index in [1.54, 1.807) is 36.4 Å². The number of carbonyl (C=O) groups is 4. The molecule has 54 heavy (non-hydrogen) atoms. The van der Waals surface area contributed by atoms with E-state index in [0.717, 1.165) is 41.8 Å². The zero-order valence-corrected chi connectivity index (χ0v) is 31.9. The number of ketones is 2. The summed E-state index contributed by atoms with van der Waals surface area (Å²) in [6.07, 6.45) is 11.9. The summed E-state index contributed by atoms with van der Waals surface area (Å²) in [5.74, 6) is -0.536. The van der Waals surface area contributed by atoms with Gasteiger partial charge in [-0.15, -0.1) is 0 Å². The van der Waals surface area contributed by atoms with Gasteiger partial charge in [-0.3, -0.25) is 9.59 Å². The lowest BCUT2D eigenvalue weighted by atomic mass is 9.99. The van der Waals surface area contributed by atoms with Crippen LogP contribution in [0.1, 0.15) is 124 Å². The zero-order valence-electron chi connectivity index (χ0n) is 31.9. The van der Waals surface area contributed by atoms with Gasteiger partial charge in [-0.1, -0.05) is 130 Å². The molecule has 8 heteroatoms. The topological polar surface area (TPSA) is 113 Å². The van der Waals surface area contributed by atoms with Crippen molar-refractivity contribution in [3.05, 3.63) is 137 Å². The maximum absolute atomic E-state index is 12.4. The fourth-order valence-corrected chi connectivity index (χ4v) is 5.91. The van der Waals surface area contributed by atoms with Crippen LogP contribution in [0.25, 0.3) is 22.6 Å². The summed E-state index contributed by atoms with van der Waals surface area (Å²) < 4.78 is 14.9. The minimum Gasteiger partial charge on any atom is -0.465 e. The third kappa shape index (κ3) is 12.5. The van der Waals surface area contributed by atoms with Crippen LogP contribution in [0, 0.1) is 0 Å². The summed E-state index contributed by atoms with van der Waals surface area (Å²) in [5, 5.41) is 4.16. The lowest BCUT2D eigenvalue weighted by molar-refractivity contribution is 0.0592. The SMILES string of the molecule is CCCCCCc1ccc(-c2cc(-c3ccc(C(=O)OC)cc3)no2)cc1.CCCCCCc1ccc(C(=O)CC(=O)c2ccc(C(=O)OC)cc2)cc1. The normalized spacial score (nSPS) is 10.6. The molecule has 0 bridgehead atoms. The standard InChI is InChI=1S/C23H25NO3.C23H26O4/c1-3-4-5-6-7-17-8-10-19(11-9-17)22-16-21(24-27-22)18-12-14-20(15-13-18)23(25)26-2;1-3-4-5-6-7-17-8-10-18(11-9-17)21(24)16-22(25)19-12-14-20(15-13-19)23(26)27-2/h8-16H,3-7H2,1-2H3;8-15H,3-7,16H2,1-2H3. The largest absolute Gasteiger partial charge is 0.465 e. The Morgan fingerprint density at radius 2 is 0.926 bits per heavy atom. The number of methoxy groups -OCH3 is 2. The highest BCUT2D eigenvalue weighted by atomic mass is 16.5. The first-order chi connectivity index (χ1) is 26.3. The van der Waals surface area contributed by atoms with E-state index in [1.807, 2.05) is 30.3 Å². The van der Waals surface area contributed by atoms with Gasteiger partial charge in [0.15, 0.2) is 17.3 Å². The van der Waals surface area contributed by atoms with Crippen molar-refractivity contribution in [2.45, 2.75) is 84.5 Å². The first-order valence-electron chi connectivity index (χ1n) is 18.8. The van der Waals surface area contributed by atoms with Crippen LogP contribution >= 0.6 is 0 Å². The molecule has 5 aromatic rings. The molecule has 0 aliphatic carbocycles. The highest BCUT2D eigenvalue weighted by Gasteiger charge is 2.15. The third-order valence-corrected chi connectivity index (χ3v) is 9.21. The van der Waals surface area contributed by atoms with Gasteiger partial charge < -0.3 is 14.0 Å². The van der Waals surface area contributed by atoms with E-state index in [9.17, 15) is 19.2 Å². The molecule has 0 atom stereocenters. The molecule has 0 aliphatic rings. The van der Waals surface area contributed by atoms with Crippen LogP contribution in [0.2, 0.25) is 0 Å². The predicted octanol–water partition coefficient (Wildman–Crippen LogP) is 11.0. The highest BCUT2D eigenvalue weighted by molar-refractivity contribution is 6.13. The van der Waals surface area contributed by atoms with Gasteiger partial charge in [0.25, 0.3) is 0 Å². The molecule has 1 heterocycles. The van der Waals surface area contributed by atoms with Gasteiger partial charge in [0, 0.05) is 28.3 Å². The Bertz CT molecular complexity index is 1920. The van der Waals surface area contributed by atoms with E-state index in [0.29, 0.717) is 22.3 Å². The summed E-state index contributed by atoms with van der Waals surface area (Å²) >= 11 is 0. The van der Waals surface area contributed by atoms with Crippen LogP contribution in [-0.4, -0.2) is 42.9 Å². The molecule has 0 unspecified atom stereocenters. The fourth-order valence-electron chi connectivity index (χ4n) is 5.91. The molecule has 8 nitrogen and oxygen atoms in total. The lowest BCUT2D eigenvalue weighted by Gasteiger charge is -2.05. The number of ether oxygens (including phenoxy) is 2. The maximum atomic E-state index is 12.4. The van der Waals surface area contributed by atoms with E-state index >= 15 is 0 Å². The van der Waals surface area contributed by atoms with Gasteiger partial charge in [0.2, 0.25) is 0 Å². The molecule has 4 aromatic carbocycles. The van der Waals surface area contributed by atoms with Crippen molar-refractivity contribution in [3.63, 3.8) is 0 Å². The number of rotatable bonds is 18. The van der Waals surface area contributed by atoms with Crippen LogP contribution < -0.4 is 0 Å². The number of nitrogens with zero attached hydrogens (tertiary/aromatic N) is 1. The smallest absolute Gasteiger partial charge is 0.337 e. The van der Waals surface area contributed by atoms with Gasteiger partial charge in [-0.25, -0.2) is 9.59 Å². The van der Waals surface area contributed by atoms with Crippen LogP contribution in [0.15, 0.2) is 108 Å². The van der Waals surface area contributed by atoms with Crippen molar-refractivity contribution in [2.24, 2.45) is 0 Å². The first-order valence-corrected chi connectivity index (χ1v) is 18.8. The Morgan fingerprint density at radius 3 is 1.39 bits per heavy atom. The van der Waals surface area contributed by atoms with Gasteiger partial charge >= 0.3 is 11.9 Å². The molecule has 5 rings (SSSR count). The number of carbonyl (C=O) groups excluding carboxylic acids is 4. The van der Waals surface area contributed by atoms with E-state index < -0.39 is 5.97 Å². The molecule has 0 fully saturated rings. The fraction of sp³-hybridized carbons (Fsp3) is 0.326. The molecule has 0 aliphatic heterocycles. The minimum absolute atomic E-state index is 0.187. The van der Waals surface area contributed by atoms with Gasteiger partial charge in [-0.05, 0) is 61.1 Å². The number of aromatic nitrogens is 1. The summed E-state index contributed by atoms with van der Waals surface area (Å²) in [6, 6.07) is 31.2. The molecule has 0 spiro atoms. The third-order valence-electron chi connectivity index (χ3n) is 9.21. The summed E-state index contributed by atoms with van der Waals surface area (Å²) in [4.78, 5) is 47.6. The second-order valence-corrected chi connectivity index (χ2v) is 13.3. The van der Waals surface area contributed by atoms with Crippen LogP contribution in [0.3, 0.4) is 0 Å². The number of benzene rings is 4. The van der Waals surface area contributed by atoms with E-state index in [2.05, 4.69) is 48.0 Å². The number of esters is 2. The number of unbranched alkanes of at least 4 members (excludes halogenated alkanes) is 6. The van der Waals surface area contributed by atoms with Crippen LogP contribution in [0.4, 0.5) is 0 Å². The van der Waals surface area contributed by atoms with Crippen molar-refractivity contribution < 1.29 is 33.2 Å². The minimum atomic E-state index is -0.458.